The van der Waals surface area contributed by atoms with Crippen LogP contribution >= 0.6 is 11.8 Å². The highest BCUT2D eigenvalue weighted by Crippen LogP contribution is 2.51. The molecule has 2 aromatic rings. The fourth-order valence-electron chi connectivity index (χ4n) is 3.20. The SMILES string of the molecule is COc1ccc(C(OC)C2Sc3cc(OC)ccc3C2C(N)=O)cc1. The van der Waals surface area contributed by atoms with Crippen molar-refractivity contribution in [3.63, 3.8) is 0 Å². The molecule has 2 N–H and O–H groups in total. The maximum Gasteiger partial charge on any atom is 0.226 e. The summed E-state index contributed by atoms with van der Waals surface area (Å²) in [4.78, 5) is 13.2. The van der Waals surface area contributed by atoms with Crippen LogP contribution in [0.1, 0.15) is 23.1 Å². The minimum Gasteiger partial charge on any atom is -0.497 e. The van der Waals surface area contributed by atoms with Gasteiger partial charge in [-0.25, -0.2) is 0 Å². The van der Waals surface area contributed by atoms with Crippen LogP contribution in [0.3, 0.4) is 0 Å². The van der Waals surface area contributed by atoms with Gasteiger partial charge in [0.25, 0.3) is 0 Å². The van der Waals surface area contributed by atoms with Gasteiger partial charge in [-0.05, 0) is 35.4 Å². The highest BCUT2D eigenvalue weighted by Gasteiger charge is 2.42. The molecule has 0 aliphatic carbocycles. The fourth-order valence-corrected chi connectivity index (χ4v) is 4.81. The third-order valence-electron chi connectivity index (χ3n) is 4.45. The number of amides is 1. The van der Waals surface area contributed by atoms with Gasteiger partial charge in [0.15, 0.2) is 0 Å². The van der Waals surface area contributed by atoms with Crippen molar-refractivity contribution in [2.24, 2.45) is 5.73 Å². The number of primary amides is 1. The molecule has 0 aromatic heterocycles. The van der Waals surface area contributed by atoms with Gasteiger partial charge in [-0.15, -0.1) is 11.8 Å². The van der Waals surface area contributed by atoms with Crippen LogP contribution in [0.25, 0.3) is 0 Å². The molecule has 2 aromatic carbocycles. The molecule has 0 radical (unpaired) electrons. The number of methoxy groups -OCH3 is 3. The summed E-state index contributed by atoms with van der Waals surface area (Å²) in [6.45, 7) is 0. The molecule has 0 fully saturated rings. The first kappa shape index (κ1) is 17.6. The van der Waals surface area contributed by atoms with Crippen LogP contribution in [-0.4, -0.2) is 32.5 Å². The number of hydrogen-bond donors (Lipinski definition) is 1. The van der Waals surface area contributed by atoms with Crippen molar-refractivity contribution in [1.82, 2.24) is 0 Å². The summed E-state index contributed by atoms with van der Waals surface area (Å²) < 4.78 is 16.3. The van der Waals surface area contributed by atoms with Crippen LogP contribution in [0.2, 0.25) is 0 Å². The van der Waals surface area contributed by atoms with E-state index < -0.39 is 5.92 Å². The Balaban J connectivity index is 1.97. The van der Waals surface area contributed by atoms with Gasteiger partial charge in [-0.1, -0.05) is 18.2 Å². The van der Waals surface area contributed by atoms with Gasteiger partial charge in [0.1, 0.15) is 11.5 Å². The zero-order valence-electron chi connectivity index (χ0n) is 14.4. The van der Waals surface area contributed by atoms with Crippen molar-refractivity contribution in [3.05, 3.63) is 53.6 Å². The normalized spacial score (nSPS) is 20.0. The lowest BCUT2D eigenvalue weighted by Gasteiger charge is -2.26. The van der Waals surface area contributed by atoms with Crippen molar-refractivity contribution in [3.8, 4) is 11.5 Å². The lowest BCUT2D eigenvalue weighted by Crippen LogP contribution is -2.31. The Morgan fingerprint density at radius 1 is 1.04 bits per heavy atom. The predicted molar refractivity (Wildman–Crippen MR) is 97.3 cm³/mol. The number of carbonyl (C=O) groups excluding carboxylic acids is 1. The van der Waals surface area contributed by atoms with E-state index in [2.05, 4.69) is 0 Å². The van der Waals surface area contributed by atoms with Gasteiger partial charge in [0, 0.05) is 12.0 Å². The van der Waals surface area contributed by atoms with Crippen molar-refractivity contribution < 1.29 is 19.0 Å². The molecule has 0 saturated carbocycles. The largest absolute Gasteiger partial charge is 0.497 e. The van der Waals surface area contributed by atoms with Gasteiger partial charge < -0.3 is 19.9 Å². The summed E-state index contributed by atoms with van der Waals surface area (Å²) in [5, 5.41) is -0.141. The van der Waals surface area contributed by atoms with Gasteiger partial charge >= 0.3 is 0 Å². The fraction of sp³-hybridized carbons (Fsp3) is 0.316. The van der Waals surface area contributed by atoms with Crippen LogP contribution in [0.15, 0.2) is 47.4 Å². The molecule has 25 heavy (non-hydrogen) atoms. The predicted octanol–water partition coefficient (Wildman–Crippen LogP) is 3.13. The zero-order chi connectivity index (χ0) is 18.0. The van der Waals surface area contributed by atoms with Crippen LogP contribution in [0.5, 0.6) is 11.5 Å². The number of ether oxygens (including phenoxy) is 3. The molecule has 1 aliphatic heterocycles. The van der Waals surface area contributed by atoms with Crippen molar-refractivity contribution >= 4 is 17.7 Å². The summed E-state index contributed by atoms with van der Waals surface area (Å²) in [7, 11) is 4.90. The molecule has 132 valence electrons. The Kier molecular flexibility index (Phi) is 5.20. The Labute approximate surface area is 151 Å². The Morgan fingerprint density at radius 2 is 1.68 bits per heavy atom. The van der Waals surface area contributed by atoms with E-state index in [1.165, 1.54) is 0 Å². The first-order chi connectivity index (χ1) is 12.1. The van der Waals surface area contributed by atoms with Crippen molar-refractivity contribution in [1.29, 1.82) is 0 Å². The van der Waals surface area contributed by atoms with Crippen molar-refractivity contribution in [2.75, 3.05) is 21.3 Å². The first-order valence-corrected chi connectivity index (χ1v) is 8.77. The molecule has 0 saturated heterocycles. The standard InChI is InChI=1S/C19H21NO4S/c1-22-12-6-4-11(5-7-12)17(24-3)18-16(19(20)21)14-9-8-13(23-2)10-15(14)25-18/h4-10,16-18H,1-3H3,(H2,20,21). The molecule has 1 amide bonds. The number of fused-ring (bicyclic) bond motifs is 1. The molecule has 1 heterocycles. The second-order valence-electron chi connectivity index (χ2n) is 5.80. The lowest BCUT2D eigenvalue weighted by atomic mass is 9.89. The highest BCUT2D eigenvalue weighted by molar-refractivity contribution is 8.00. The van der Waals surface area contributed by atoms with Crippen LogP contribution < -0.4 is 15.2 Å². The van der Waals surface area contributed by atoms with Gasteiger partial charge in [0.05, 0.1) is 31.5 Å². The molecule has 6 heteroatoms. The summed E-state index contributed by atoms with van der Waals surface area (Å²) >= 11 is 1.60. The summed E-state index contributed by atoms with van der Waals surface area (Å²) in [6.07, 6.45) is -0.271. The van der Waals surface area contributed by atoms with E-state index in [1.807, 2.05) is 42.5 Å². The monoisotopic (exact) mass is 359 g/mol. The van der Waals surface area contributed by atoms with Crippen LogP contribution in [0.4, 0.5) is 0 Å². The molecule has 3 atom stereocenters. The van der Waals surface area contributed by atoms with E-state index in [4.69, 9.17) is 19.9 Å². The molecular weight excluding hydrogens is 338 g/mol. The summed E-state index contributed by atoms with van der Waals surface area (Å²) in [6, 6.07) is 13.4. The van der Waals surface area contributed by atoms with E-state index in [0.717, 1.165) is 27.5 Å². The number of benzene rings is 2. The zero-order valence-corrected chi connectivity index (χ0v) is 15.2. The van der Waals surface area contributed by atoms with E-state index in [0.29, 0.717) is 0 Å². The maximum atomic E-state index is 12.2. The van der Waals surface area contributed by atoms with Crippen LogP contribution in [0, 0.1) is 0 Å². The second kappa shape index (κ2) is 7.37. The maximum absolute atomic E-state index is 12.2. The lowest BCUT2D eigenvalue weighted by molar-refractivity contribution is -0.120. The quantitative estimate of drug-likeness (QED) is 0.858. The van der Waals surface area contributed by atoms with Gasteiger partial charge in [-0.3, -0.25) is 4.79 Å². The van der Waals surface area contributed by atoms with E-state index in [9.17, 15) is 4.79 Å². The Hall–Kier alpha value is -2.18. The number of hydrogen-bond acceptors (Lipinski definition) is 5. The summed E-state index contributed by atoms with van der Waals surface area (Å²) in [5.74, 6) is 0.764. The third kappa shape index (κ3) is 3.32. The van der Waals surface area contributed by atoms with Crippen molar-refractivity contribution in [2.45, 2.75) is 22.2 Å². The molecule has 5 nitrogen and oxygen atoms in total. The average molecular weight is 359 g/mol. The smallest absolute Gasteiger partial charge is 0.226 e. The Bertz CT molecular complexity index is 763. The molecule has 3 rings (SSSR count). The van der Waals surface area contributed by atoms with Gasteiger partial charge in [0.2, 0.25) is 5.91 Å². The summed E-state index contributed by atoms with van der Waals surface area (Å²) in [5.41, 5.74) is 7.64. The molecule has 1 aliphatic rings. The van der Waals surface area contributed by atoms with Gasteiger partial charge in [-0.2, -0.15) is 0 Å². The molecule has 0 spiro atoms. The Morgan fingerprint density at radius 3 is 2.24 bits per heavy atom. The van der Waals surface area contributed by atoms with Crippen LogP contribution in [-0.2, 0) is 9.53 Å². The topological polar surface area (TPSA) is 70.8 Å². The first-order valence-electron chi connectivity index (χ1n) is 7.89. The van der Waals surface area contributed by atoms with E-state index in [-0.39, 0.29) is 17.3 Å². The third-order valence-corrected chi connectivity index (χ3v) is 5.85. The minimum absolute atomic E-state index is 0.141. The van der Waals surface area contributed by atoms with E-state index in [1.54, 1.807) is 33.1 Å². The molecule has 3 unspecified atom stereocenters. The minimum atomic E-state index is -0.419. The number of thioether (sulfide) groups is 1. The molecular formula is C19H21NO4S. The number of carbonyl (C=O) groups is 1. The second-order valence-corrected chi connectivity index (χ2v) is 7.02. The number of rotatable bonds is 6. The van der Waals surface area contributed by atoms with E-state index >= 15 is 0 Å². The number of nitrogens with two attached hydrogens (primary N) is 1. The highest BCUT2D eigenvalue weighted by atomic mass is 32.2. The average Bonchev–Trinajstić information content (AvgIpc) is 3.01. The molecule has 0 bridgehead atoms.